The van der Waals surface area contributed by atoms with Gasteiger partial charge in [-0.05, 0) is 24.6 Å². The van der Waals surface area contributed by atoms with Gasteiger partial charge in [0, 0.05) is 37.3 Å². The molecule has 6 heteroatoms. The molecular formula is C19H26N2O4. The van der Waals surface area contributed by atoms with Crippen LogP contribution in [0.4, 0.5) is 0 Å². The van der Waals surface area contributed by atoms with Crippen molar-refractivity contribution in [2.45, 2.75) is 20.8 Å². The van der Waals surface area contributed by atoms with Crippen molar-refractivity contribution >= 4 is 24.2 Å². The first kappa shape index (κ1) is 20.6. The normalized spacial score (nSPS) is 14.2. The largest absolute Gasteiger partial charge is 0.465 e. The van der Waals surface area contributed by atoms with E-state index in [1.54, 1.807) is 36.1 Å². The molecular weight excluding hydrogens is 320 g/mol. The molecule has 1 aliphatic heterocycles. The maximum absolute atomic E-state index is 12.4. The molecule has 0 radical (unpaired) electrons. The Kier molecular flexibility index (Phi) is 8.56. The van der Waals surface area contributed by atoms with Gasteiger partial charge < -0.3 is 15.0 Å². The number of hydrogen-bond acceptors (Lipinski definition) is 5. The van der Waals surface area contributed by atoms with Gasteiger partial charge in [0.15, 0.2) is 6.29 Å². The summed E-state index contributed by atoms with van der Waals surface area (Å²) in [6, 6.07) is 4.81. The topological polar surface area (TPSA) is 75.7 Å². The molecule has 0 bridgehead atoms. The van der Waals surface area contributed by atoms with Gasteiger partial charge in [-0.1, -0.05) is 26.0 Å². The molecule has 0 aliphatic carbocycles. The van der Waals surface area contributed by atoms with Crippen LogP contribution < -0.4 is 5.32 Å². The van der Waals surface area contributed by atoms with Crippen molar-refractivity contribution in [2.24, 2.45) is 0 Å². The van der Waals surface area contributed by atoms with E-state index in [1.807, 2.05) is 13.8 Å². The van der Waals surface area contributed by atoms with E-state index in [0.717, 1.165) is 13.1 Å². The van der Waals surface area contributed by atoms with Gasteiger partial charge in [0.05, 0.1) is 12.7 Å². The van der Waals surface area contributed by atoms with Gasteiger partial charge in [0.25, 0.3) is 0 Å². The fourth-order valence-corrected chi connectivity index (χ4v) is 2.48. The maximum atomic E-state index is 12.4. The Morgan fingerprint density at radius 1 is 1.20 bits per heavy atom. The molecule has 136 valence electrons. The van der Waals surface area contributed by atoms with Gasteiger partial charge in [-0.15, -0.1) is 0 Å². The number of aldehydes is 1. The molecule has 1 saturated heterocycles. The van der Waals surface area contributed by atoms with Crippen LogP contribution in [0.5, 0.6) is 0 Å². The van der Waals surface area contributed by atoms with Gasteiger partial charge >= 0.3 is 5.97 Å². The van der Waals surface area contributed by atoms with Crippen molar-refractivity contribution < 1.29 is 19.1 Å². The van der Waals surface area contributed by atoms with E-state index in [-0.39, 0.29) is 17.0 Å². The van der Waals surface area contributed by atoms with Crippen LogP contribution in [-0.2, 0) is 9.53 Å². The van der Waals surface area contributed by atoms with Crippen molar-refractivity contribution in [1.29, 1.82) is 0 Å². The lowest BCUT2D eigenvalue weighted by molar-refractivity contribution is -0.127. The Morgan fingerprint density at radius 2 is 1.84 bits per heavy atom. The minimum Gasteiger partial charge on any atom is -0.465 e. The number of esters is 1. The maximum Gasteiger partial charge on any atom is 0.338 e. The minimum atomic E-state index is -0.576. The molecule has 0 saturated carbocycles. The summed E-state index contributed by atoms with van der Waals surface area (Å²) in [7, 11) is 1.26. The molecule has 0 atom stereocenters. The second-order valence-electron chi connectivity index (χ2n) is 5.33. The van der Waals surface area contributed by atoms with Crippen LogP contribution in [-0.4, -0.2) is 56.4 Å². The minimum absolute atomic E-state index is 0.0226. The van der Waals surface area contributed by atoms with Crippen LogP contribution in [0.25, 0.3) is 6.08 Å². The summed E-state index contributed by atoms with van der Waals surface area (Å²) in [6.07, 6.45) is 2.32. The van der Waals surface area contributed by atoms with Crippen LogP contribution >= 0.6 is 0 Å². The third kappa shape index (κ3) is 5.53. The number of ether oxygens (including phenoxy) is 1. The third-order valence-electron chi connectivity index (χ3n) is 3.73. The number of benzene rings is 1. The number of amides is 1. The molecule has 1 heterocycles. The molecule has 0 spiro atoms. The molecule has 6 nitrogen and oxygen atoms in total. The first-order valence-corrected chi connectivity index (χ1v) is 8.42. The molecule has 1 aromatic rings. The highest BCUT2D eigenvalue weighted by atomic mass is 16.5. The smallest absolute Gasteiger partial charge is 0.338 e. The summed E-state index contributed by atoms with van der Waals surface area (Å²) in [5, 5.41) is 3.20. The number of methoxy groups -OCH3 is 1. The van der Waals surface area contributed by atoms with Crippen LogP contribution in [0.1, 0.15) is 47.1 Å². The highest BCUT2D eigenvalue weighted by Crippen LogP contribution is 2.16. The van der Waals surface area contributed by atoms with E-state index in [0.29, 0.717) is 30.5 Å². The van der Waals surface area contributed by atoms with Crippen molar-refractivity contribution in [3.8, 4) is 0 Å². The highest BCUT2D eigenvalue weighted by Gasteiger charge is 2.18. The number of piperazine rings is 1. The molecule has 1 amide bonds. The van der Waals surface area contributed by atoms with Gasteiger partial charge in [-0.3, -0.25) is 9.59 Å². The van der Waals surface area contributed by atoms with E-state index < -0.39 is 5.97 Å². The predicted octanol–water partition coefficient (Wildman–Crippen LogP) is 2.15. The quantitative estimate of drug-likeness (QED) is 0.514. The standard InChI is InChI=1S/C17H20N2O4.C2H6/c1-12(16(21)19-7-5-18-6-8-19)9-13-3-4-14(11-20)15(10-13)17(22)23-2;1-2/h3-4,9-11,18H,5-8H2,1-2H3;1-2H3/b12-9+;. The zero-order valence-corrected chi connectivity index (χ0v) is 15.3. The summed E-state index contributed by atoms with van der Waals surface area (Å²) in [6.45, 7) is 8.69. The van der Waals surface area contributed by atoms with Crippen LogP contribution in [0, 0.1) is 0 Å². The Hall–Kier alpha value is -2.47. The van der Waals surface area contributed by atoms with E-state index in [4.69, 9.17) is 0 Å². The number of carbonyl (C=O) groups is 3. The van der Waals surface area contributed by atoms with Gasteiger partial charge in [-0.25, -0.2) is 4.79 Å². The number of nitrogens with zero attached hydrogens (tertiary/aromatic N) is 1. The van der Waals surface area contributed by atoms with Crippen molar-refractivity contribution in [3.05, 3.63) is 40.5 Å². The first-order valence-electron chi connectivity index (χ1n) is 8.42. The lowest BCUT2D eigenvalue weighted by atomic mass is 10.0. The van der Waals surface area contributed by atoms with Crippen LogP contribution in [0.15, 0.2) is 23.8 Å². The second kappa shape index (κ2) is 10.4. The first-order chi connectivity index (χ1) is 12.1. The fraction of sp³-hybridized carbons (Fsp3) is 0.421. The average molecular weight is 346 g/mol. The van der Waals surface area contributed by atoms with E-state index >= 15 is 0 Å². The van der Waals surface area contributed by atoms with Crippen molar-refractivity contribution in [3.63, 3.8) is 0 Å². The Morgan fingerprint density at radius 3 is 2.40 bits per heavy atom. The molecule has 1 aliphatic rings. The van der Waals surface area contributed by atoms with E-state index in [9.17, 15) is 14.4 Å². The lowest BCUT2D eigenvalue weighted by Crippen LogP contribution is -2.46. The zero-order chi connectivity index (χ0) is 18.8. The van der Waals surface area contributed by atoms with Crippen LogP contribution in [0.3, 0.4) is 0 Å². The molecule has 2 rings (SSSR count). The Balaban J connectivity index is 0.00000151. The third-order valence-corrected chi connectivity index (χ3v) is 3.73. The molecule has 1 aromatic carbocycles. The monoisotopic (exact) mass is 346 g/mol. The van der Waals surface area contributed by atoms with Crippen molar-refractivity contribution in [2.75, 3.05) is 33.3 Å². The molecule has 1 N–H and O–H groups in total. The number of hydrogen-bond donors (Lipinski definition) is 1. The zero-order valence-electron chi connectivity index (χ0n) is 15.3. The lowest BCUT2D eigenvalue weighted by Gasteiger charge is -2.27. The molecule has 1 fully saturated rings. The van der Waals surface area contributed by atoms with E-state index in [1.165, 1.54) is 7.11 Å². The Labute approximate surface area is 148 Å². The summed E-state index contributed by atoms with van der Waals surface area (Å²) in [5.41, 5.74) is 1.72. The summed E-state index contributed by atoms with van der Waals surface area (Å²) < 4.78 is 4.68. The fourth-order valence-electron chi connectivity index (χ4n) is 2.48. The summed E-state index contributed by atoms with van der Waals surface area (Å²) in [5.74, 6) is -0.598. The number of nitrogens with one attached hydrogen (secondary N) is 1. The van der Waals surface area contributed by atoms with Gasteiger partial charge in [0.2, 0.25) is 5.91 Å². The molecule has 0 aromatic heterocycles. The Bertz CT molecular complexity index is 647. The second-order valence-corrected chi connectivity index (χ2v) is 5.33. The van der Waals surface area contributed by atoms with Crippen molar-refractivity contribution in [1.82, 2.24) is 10.2 Å². The van der Waals surface area contributed by atoms with Crippen LogP contribution in [0.2, 0.25) is 0 Å². The predicted molar refractivity (Wildman–Crippen MR) is 97.6 cm³/mol. The summed E-state index contributed by atoms with van der Waals surface area (Å²) in [4.78, 5) is 36.9. The SMILES string of the molecule is CC.COC(=O)c1cc(/C=C(\C)C(=O)N2CCNCC2)ccc1C=O. The average Bonchev–Trinajstić information content (AvgIpc) is 2.68. The molecule has 0 unspecified atom stereocenters. The number of rotatable bonds is 4. The molecule has 25 heavy (non-hydrogen) atoms. The number of carbonyl (C=O) groups excluding carboxylic acids is 3. The summed E-state index contributed by atoms with van der Waals surface area (Å²) >= 11 is 0. The van der Waals surface area contributed by atoms with Gasteiger partial charge in [0.1, 0.15) is 0 Å². The van der Waals surface area contributed by atoms with Gasteiger partial charge in [-0.2, -0.15) is 0 Å². The highest BCUT2D eigenvalue weighted by molar-refractivity contribution is 6.00. The van der Waals surface area contributed by atoms with E-state index in [2.05, 4.69) is 10.1 Å².